The van der Waals surface area contributed by atoms with Crippen molar-refractivity contribution in [1.82, 2.24) is 20.1 Å². The Morgan fingerprint density at radius 1 is 1.47 bits per heavy atom. The molecule has 1 aliphatic carbocycles. The quantitative estimate of drug-likeness (QED) is 0.823. The van der Waals surface area contributed by atoms with E-state index in [1.54, 1.807) is 6.33 Å². The van der Waals surface area contributed by atoms with Gasteiger partial charge in [0.1, 0.15) is 12.2 Å². The predicted octanol–water partition coefficient (Wildman–Crippen LogP) is 2.21. The zero-order valence-electron chi connectivity index (χ0n) is 11.4. The average Bonchev–Trinajstić information content (AvgIpc) is 2.99. The van der Waals surface area contributed by atoms with Crippen LogP contribution in [0.3, 0.4) is 0 Å². The molecule has 0 spiro atoms. The van der Waals surface area contributed by atoms with Crippen LogP contribution in [0, 0.1) is 11.8 Å². The van der Waals surface area contributed by atoms with Crippen molar-refractivity contribution in [1.29, 1.82) is 0 Å². The van der Waals surface area contributed by atoms with Crippen LogP contribution in [0.4, 0.5) is 0 Å². The van der Waals surface area contributed by atoms with Gasteiger partial charge in [0.2, 0.25) is 0 Å². The van der Waals surface area contributed by atoms with Crippen LogP contribution in [-0.4, -0.2) is 20.3 Å². The molecule has 2 rings (SSSR count). The second kappa shape index (κ2) is 4.77. The molecule has 1 fully saturated rings. The van der Waals surface area contributed by atoms with Gasteiger partial charge in [-0.05, 0) is 38.5 Å². The molecular weight excluding hydrogens is 212 g/mol. The van der Waals surface area contributed by atoms with Gasteiger partial charge in [0.25, 0.3) is 0 Å². The lowest BCUT2D eigenvalue weighted by atomic mass is 9.99. The fraction of sp³-hybridized carbons (Fsp3) is 0.846. The van der Waals surface area contributed by atoms with Gasteiger partial charge in [0.05, 0.1) is 6.54 Å². The van der Waals surface area contributed by atoms with E-state index in [1.807, 2.05) is 4.68 Å². The summed E-state index contributed by atoms with van der Waals surface area (Å²) in [6, 6.07) is 0. The lowest BCUT2D eigenvalue weighted by Gasteiger charge is -2.26. The molecule has 1 aromatic rings. The van der Waals surface area contributed by atoms with Gasteiger partial charge in [0, 0.05) is 12.1 Å². The van der Waals surface area contributed by atoms with Gasteiger partial charge in [-0.25, -0.2) is 9.67 Å². The Kier molecular flexibility index (Phi) is 3.52. The van der Waals surface area contributed by atoms with Crippen LogP contribution in [0.1, 0.15) is 46.4 Å². The molecule has 0 saturated heterocycles. The number of rotatable bonds is 6. The summed E-state index contributed by atoms with van der Waals surface area (Å²) in [6.07, 6.45) is 4.38. The number of aromatic nitrogens is 3. The highest BCUT2D eigenvalue weighted by atomic mass is 15.3. The molecule has 1 heterocycles. The first-order valence-electron chi connectivity index (χ1n) is 6.61. The molecule has 1 saturated carbocycles. The second-order valence-electron chi connectivity index (χ2n) is 6.10. The zero-order chi connectivity index (χ0) is 12.5. The smallest absolute Gasteiger partial charge is 0.140 e. The van der Waals surface area contributed by atoms with Crippen molar-refractivity contribution in [2.75, 3.05) is 0 Å². The molecule has 1 aliphatic rings. The van der Waals surface area contributed by atoms with Crippen LogP contribution >= 0.6 is 0 Å². The summed E-state index contributed by atoms with van der Waals surface area (Å²) in [5, 5.41) is 7.90. The van der Waals surface area contributed by atoms with Crippen molar-refractivity contribution in [2.45, 2.75) is 59.2 Å². The third kappa shape index (κ3) is 3.28. The molecule has 0 radical (unpaired) electrons. The fourth-order valence-corrected chi connectivity index (χ4v) is 2.18. The predicted molar refractivity (Wildman–Crippen MR) is 68.5 cm³/mol. The molecule has 4 nitrogen and oxygen atoms in total. The van der Waals surface area contributed by atoms with E-state index in [9.17, 15) is 0 Å². The normalized spacial score (nSPS) is 16.8. The Balaban J connectivity index is 1.92. The average molecular weight is 236 g/mol. The molecule has 1 N–H and O–H groups in total. The maximum Gasteiger partial charge on any atom is 0.140 e. The number of nitrogens with one attached hydrogen (secondary N) is 1. The van der Waals surface area contributed by atoms with Gasteiger partial charge in [-0.3, -0.25) is 0 Å². The standard InChI is InChI=1S/C13H24N4/c1-10(2)8-17-12(14-9-16-17)7-15-13(3,4)11-5-6-11/h9-11,15H,5-8H2,1-4H3. The molecule has 4 heteroatoms. The van der Waals surface area contributed by atoms with Crippen LogP contribution in [0.25, 0.3) is 0 Å². The lowest BCUT2D eigenvalue weighted by molar-refractivity contribution is 0.329. The van der Waals surface area contributed by atoms with Gasteiger partial charge in [0.15, 0.2) is 0 Å². The van der Waals surface area contributed by atoms with Crippen molar-refractivity contribution in [3.8, 4) is 0 Å². The molecule has 0 aromatic carbocycles. The monoisotopic (exact) mass is 236 g/mol. The summed E-state index contributed by atoms with van der Waals surface area (Å²) in [6.45, 7) is 10.7. The van der Waals surface area contributed by atoms with E-state index in [1.165, 1.54) is 12.8 Å². The fourth-order valence-electron chi connectivity index (χ4n) is 2.18. The van der Waals surface area contributed by atoms with Crippen LogP contribution < -0.4 is 5.32 Å². The highest BCUT2D eigenvalue weighted by Crippen LogP contribution is 2.39. The van der Waals surface area contributed by atoms with Gasteiger partial charge in [-0.2, -0.15) is 5.10 Å². The molecule has 1 aromatic heterocycles. The van der Waals surface area contributed by atoms with Crippen molar-refractivity contribution in [3.05, 3.63) is 12.2 Å². The molecule has 0 aliphatic heterocycles. The first-order valence-corrected chi connectivity index (χ1v) is 6.61. The highest BCUT2D eigenvalue weighted by molar-refractivity contribution is 4.96. The van der Waals surface area contributed by atoms with E-state index >= 15 is 0 Å². The maximum absolute atomic E-state index is 4.34. The third-order valence-electron chi connectivity index (χ3n) is 3.53. The topological polar surface area (TPSA) is 42.7 Å². The van der Waals surface area contributed by atoms with E-state index in [-0.39, 0.29) is 5.54 Å². The highest BCUT2D eigenvalue weighted by Gasteiger charge is 2.37. The molecule has 0 bridgehead atoms. The SMILES string of the molecule is CC(C)Cn1ncnc1CNC(C)(C)C1CC1. The zero-order valence-corrected chi connectivity index (χ0v) is 11.4. The van der Waals surface area contributed by atoms with Crippen molar-refractivity contribution < 1.29 is 0 Å². The Hall–Kier alpha value is -0.900. The van der Waals surface area contributed by atoms with E-state index in [4.69, 9.17) is 0 Å². The van der Waals surface area contributed by atoms with Gasteiger partial charge in [-0.1, -0.05) is 13.8 Å². The summed E-state index contributed by atoms with van der Waals surface area (Å²) in [7, 11) is 0. The van der Waals surface area contributed by atoms with E-state index in [0.717, 1.165) is 24.8 Å². The number of hydrogen-bond acceptors (Lipinski definition) is 3. The summed E-state index contributed by atoms with van der Waals surface area (Å²) in [4.78, 5) is 4.34. The van der Waals surface area contributed by atoms with Gasteiger partial charge < -0.3 is 5.32 Å². The first-order chi connectivity index (χ1) is 7.99. The van der Waals surface area contributed by atoms with Crippen molar-refractivity contribution >= 4 is 0 Å². The Morgan fingerprint density at radius 2 is 2.18 bits per heavy atom. The minimum absolute atomic E-state index is 0.231. The van der Waals surface area contributed by atoms with Crippen molar-refractivity contribution in [2.24, 2.45) is 11.8 Å². The number of nitrogens with zero attached hydrogens (tertiary/aromatic N) is 3. The summed E-state index contributed by atoms with van der Waals surface area (Å²) < 4.78 is 2.01. The maximum atomic E-state index is 4.34. The summed E-state index contributed by atoms with van der Waals surface area (Å²) in [5.74, 6) is 2.49. The molecule has 96 valence electrons. The van der Waals surface area contributed by atoms with Crippen molar-refractivity contribution in [3.63, 3.8) is 0 Å². The van der Waals surface area contributed by atoms with Crippen LogP contribution in [-0.2, 0) is 13.1 Å². The minimum Gasteiger partial charge on any atom is -0.305 e. The Bertz CT molecular complexity index is 363. The van der Waals surface area contributed by atoms with Crippen LogP contribution in [0.2, 0.25) is 0 Å². The lowest BCUT2D eigenvalue weighted by Crippen LogP contribution is -2.41. The van der Waals surface area contributed by atoms with E-state index in [0.29, 0.717) is 5.92 Å². The Labute approximate surface area is 104 Å². The largest absolute Gasteiger partial charge is 0.305 e. The van der Waals surface area contributed by atoms with Crippen LogP contribution in [0.15, 0.2) is 6.33 Å². The molecular formula is C13H24N4. The molecule has 0 amide bonds. The second-order valence-corrected chi connectivity index (χ2v) is 6.10. The molecule has 0 unspecified atom stereocenters. The summed E-state index contributed by atoms with van der Waals surface area (Å²) >= 11 is 0. The summed E-state index contributed by atoms with van der Waals surface area (Å²) in [5.41, 5.74) is 0.231. The van der Waals surface area contributed by atoms with Crippen LogP contribution in [0.5, 0.6) is 0 Å². The third-order valence-corrected chi connectivity index (χ3v) is 3.53. The van der Waals surface area contributed by atoms with Gasteiger partial charge >= 0.3 is 0 Å². The Morgan fingerprint density at radius 3 is 2.76 bits per heavy atom. The first kappa shape index (κ1) is 12.6. The molecule has 0 atom stereocenters. The van der Waals surface area contributed by atoms with E-state index in [2.05, 4.69) is 43.1 Å². The minimum atomic E-state index is 0.231. The van der Waals surface area contributed by atoms with Gasteiger partial charge in [-0.15, -0.1) is 0 Å². The van der Waals surface area contributed by atoms with E-state index < -0.39 is 0 Å². The number of hydrogen-bond donors (Lipinski definition) is 1. The molecule has 17 heavy (non-hydrogen) atoms.